The summed E-state index contributed by atoms with van der Waals surface area (Å²) in [4.78, 5) is 0. The Balaban J connectivity index is 1.82. The molecule has 0 aliphatic heterocycles. The van der Waals surface area contributed by atoms with Crippen LogP contribution in [0.2, 0.25) is 0 Å². The Labute approximate surface area is 104 Å². The van der Waals surface area contributed by atoms with Crippen LogP contribution in [0.1, 0.15) is 33.1 Å². The van der Waals surface area contributed by atoms with E-state index in [9.17, 15) is 0 Å². The van der Waals surface area contributed by atoms with Gasteiger partial charge in [0, 0.05) is 18.3 Å². The van der Waals surface area contributed by atoms with Crippen LogP contribution in [-0.2, 0) is 0 Å². The average molecular weight is 233 g/mol. The van der Waals surface area contributed by atoms with E-state index >= 15 is 0 Å². The van der Waals surface area contributed by atoms with Crippen LogP contribution >= 0.6 is 0 Å². The maximum absolute atomic E-state index is 5.72. The Kier molecular flexibility index (Phi) is 4.29. The fourth-order valence-electron chi connectivity index (χ4n) is 1.92. The number of benzene rings is 1. The molecule has 1 saturated carbocycles. The lowest BCUT2D eigenvalue weighted by molar-refractivity contribution is 0.271. The van der Waals surface area contributed by atoms with Gasteiger partial charge in [-0.05, 0) is 36.8 Å². The fraction of sp³-hybridized carbons (Fsp3) is 0.600. The van der Waals surface area contributed by atoms with Crippen LogP contribution in [0.15, 0.2) is 24.3 Å². The van der Waals surface area contributed by atoms with Gasteiger partial charge in [-0.15, -0.1) is 0 Å². The van der Waals surface area contributed by atoms with Gasteiger partial charge in [0.05, 0.1) is 6.61 Å². The van der Waals surface area contributed by atoms with Gasteiger partial charge >= 0.3 is 0 Å². The molecule has 94 valence electrons. The van der Waals surface area contributed by atoms with Crippen LogP contribution < -0.4 is 10.1 Å². The van der Waals surface area contributed by atoms with Crippen molar-refractivity contribution in [2.75, 3.05) is 18.5 Å². The number of ether oxygens (including phenoxy) is 1. The first-order chi connectivity index (χ1) is 8.24. The molecule has 0 radical (unpaired) electrons. The average Bonchev–Trinajstić information content (AvgIpc) is 2.25. The van der Waals surface area contributed by atoms with Gasteiger partial charge in [-0.3, -0.25) is 0 Å². The van der Waals surface area contributed by atoms with Crippen molar-refractivity contribution < 1.29 is 4.74 Å². The molecule has 1 aliphatic rings. The van der Waals surface area contributed by atoms with Gasteiger partial charge < -0.3 is 10.1 Å². The third kappa shape index (κ3) is 3.95. The first-order valence-corrected chi connectivity index (χ1v) is 6.71. The molecular formula is C15H23NO. The molecule has 1 aliphatic carbocycles. The van der Waals surface area contributed by atoms with Crippen molar-refractivity contribution in [3.8, 4) is 5.75 Å². The topological polar surface area (TPSA) is 21.3 Å². The molecular weight excluding hydrogens is 210 g/mol. The Morgan fingerprint density at radius 2 is 2.18 bits per heavy atom. The highest BCUT2D eigenvalue weighted by Gasteiger charge is 2.16. The maximum atomic E-state index is 5.72. The van der Waals surface area contributed by atoms with Crippen molar-refractivity contribution in [3.63, 3.8) is 0 Å². The summed E-state index contributed by atoms with van der Waals surface area (Å²) in [7, 11) is 0. The van der Waals surface area contributed by atoms with E-state index in [1.54, 1.807) is 0 Å². The van der Waals surface area contributed by atoms with Crippen molar-refractivity contribution in [2.45, 2.75) is 33.1 Å². The monoisotopic (exact) mass is 233 g/mol. The highest BCUT2D eigenvalue weighted by molar-refractivity contribution is 5.48. The van der Waals surface area contributed by atoms with Crippen molar-refractivity contribution >= 4 is 5.69 Å². The zero-order chi connectivity index (χ0) is 12.1. The molecule has 0 spiro atoms. The van der Waals surface area contributed by atoms with Gasteiger partial charge in [0.2, 0.25) is 0 Å². The molecule has 0 aromatic heterocycles. The van der Waals surface area contributed by atoms with E-state index in [1.165, 1.54) is 24.9 Å². The highest BCUT2D eigenvalue weighted by atomic mass is 16.5. The molecule has 1 fully saturated rings. The first-order valence-electron chi connectivity index (χ1n) is 6.71. The second-order valence-electron chi connectivity index (χ2n) is 5.41. The summed E-state index contributed by atoms with van der Waals surface area (Å²) < 4.78 is 5.72. The standard InChI is InChI=1S/C15H23NO/c1-12(2)11-17-15-8-4-7-14(9-15)16-10-13-5-3-6-13/h4,7-9,12-13,16H,3,5-6,10-11H2,1-2H3. The molecule has 1 aromatic rings. The van der Waals surface area contributed by atoms with Crippen LogP contribution in [0, 0.1) is 11.8 Å². The number of rotatable bonds is 6. The summed E-state index contributed by atoms with van der Waals surface area (Å²) in [5.74, 6) is 2.43. The Morgan fingerprint density at radius 1 is 1.35 bits per heavy atom. The molecule has 0 amide bonds. The predicted octanol–water partition coefficient (Wildman–Crippen LogP) is 3.93. The van der Waals surface area contributed by atoms with E-state index in [4.69, 9.17) is 4.74 Å². The van der Waals surface area contributed by atoms with E-state index in [-0.39, 0.29) is 0 Å². The Hall–Kier alpha value is -1.18. The van der Waals surface area contributed by atoms with Crippen LogP contribution in [0.4, 0.5) is 5.69 Å². The molecule has 0 bridgehead atoms. The third-order valence-electron chi connectivity index (χ3n) is 3.24. The Bertz CT molecular complexity index is 345. The minimum absolute atomic E-state index is 0.571. The summed E-state index contributed by atoms with van der Waals surface area (Å²) in [5, 5.41) is 3.49. The largest absolute Gasteiger partial charge is 0.493 e. The number of hydrogen-bond donors (Lipinski definition) is 1. The molecule has 0 unspecified atom stereocenters. The summed E-state index contributed by atoms with van der Waals surface area (Å²) in [5.41, 5.74) is 1.18. The minimum Gasteiger partial charge on any atom is -0.493 e. The van der Waals surface area contributed by atoms with E-state index < -0.39 is 0 Å². The molecule has 0 saturated heterocycles. The van der Waals surface area contributed by atoms with Gasteiger partial charge in [-0.1, -0.05) is 26.3 Å². The maximum Gasteiger partial charge on any atom is 0.121 e. The summed E-state index contributed by atoms with van der Waals surface area (Å²) in [6.07, 6.45) is 4.18. The second kappa shape index (κ2) is 5.95. The van der Waals surface area contributed by atoms with E-state index in [0.29, 0.717) is 5.92 Å². The van der Waals surface area contributed by atoms with Crippen molar-refractivity contribution in [3.05, 3.63) is 24.3 Å². The van der Waals surface area contributed by atoms with Gasteiger partial charge in [-0.25, -0.2) is 0 Å². The quantitative estimate of drug-likeness (QED) is 0.803. The lowest BCUT2D eigenvalue weighted by Crippen LogP contribution is -2.20. The number of nitrogens with one attached hydrogen (secondary N) is 1. The molecule has 1 N–H and O–H groups in total. The van der Waals surface area contributed by atoms with Crippen LogP contribution in [0.3, 0.4) is 0 Å². The lowest BCUT2D eigenvalue weighted by atomic mass is 9.85. The van der Waals surface area contributed by atoms with Crippen molar-refractivity contribution in [2.24, 2.45) is 11.8 Å². The van der Waals surface area contributed by atoms with Gasteiger partial charge in [0.25, 0.3) is 0 Å². The van der Waals surface area contributed by atoms with E-state index in [1.807, 2.05) is 6.07 Å². The molecule has 2 heteroatoms. The normalized spacial score (nSPS) is 15.7. The van der Waals surface area contributed by atoms with Gasteiger partial charge in [0.1, 0.15) is 5.75 Å². The summed E-state index contributed by atoms with van der Waals surface area (Å²) in [6, 6.07) is 8.29. The zero-order valence-electron chi connectivity index (χ0n) is 10.9. The fourth-order valence-corrected chi connectivity index (χ4v) is 1.92. The van der Waals surface area contributed by atoms with Gasteiger partial charge in [-0.2, -0.15) is 0 Å². The Morgan fingerprint density at radius 3 is 2.82 bits per heavy atom. The number of hydrogen-bond acceptors (Lipinski definition) is 2. The van der Waals surface area contributed by atoms with Crippen molar-refractivity contribution in [1.82, 2.24) is 0 Å². The summed E-state index contributed by atoms with van der Waals surface area (Å²) in [6.45, 7) is 6.22. The number of anilines is 1. The predicted molar refractivity (Wildman–Crippen MR) is 72.6 cm³/mol. The van der Waals surface area contributed by atoms with E-state index in [2.05, 4.69) is 37.4 Å². The molecule has 0 heterocycles. The molecule has 1 aromatic carbocycles. The summed E-state index contributed by atoms with van der Waals surface area (Å²) >= 11 is 0. The van der Waals surface area contributed by atoms with Crippen LogP contribution in [-0.4, -0.2) is 13.2 Å². The first kappa shape index (κ1) is 12.3. The molecule has 0 atom stereocenters. The van der Waals surface area contributed by atoms with Crippen molar-refractivity contribution in [1.29, 1.82) is 0 Å². The highest BCUT2D eigenvalue weighted by Crippen LogP contribution is 2.27. The van der Waals surface area contributed by atoms with Crippen LogP contribution in [0.25, 0.3) is 0 Å². The molecule has 2 rings (SSSR count). The molecule has 17 heavy (non-hydrogen) atoms. The van der Waals surface area contributed by atoms with Crippen LogP contribution in [0.5, 0.6) is 5.75 Å². The smallest absolute Gasteiger partial charge is 0.121 e. The van der Waals surface area contributed by atoms with Gasteiger partial charge in [0.15, 0.2) is 0 Å². The SMILES string of the molecule is CC(C)COc1cccc(NCC2CCC2)c1. The van der Waals surface area contributed by atoms with E-state index in [0.717, 1.165) is 24.8 Å². The molecule has 2 nitrogen and oxygen atoms in total. The lowest BCUT2D eigenvalue weighted by Gasteiger charge is -2.25. The third-order valence-corrected chi connectivity index (χ3v) is 3.24. The zero-order valence-corrected chi connectivity index (χ0v) is 10.9. The second-order valence-corrected chi connectivity index (χ2v) is 5.41. The minimum atomic E-state index is 0.571.